The maximum absolute atomic E-state index is 13.6. The van der Waals surface area contributed by atoms with E-state index in [-0.39, 0.29) is 24.7 Å². The van der Waals surface area contributed by atoms with Crippen molar-refractivity contribution in [2.75, 3.05) is 6.61 Å². The highest BCUT2D eigenvalue weighted by atomic mass is 19.1. The van der Waals surface area contributed by atoms with Crippen molar-refractivity contribution in [1.82, 2.24) is 0 Å². The van der Waals surface area contributed by atoms with E-state index < -0.39 is 0 Å². The van der Waals surface area contributed by atoms with Crippen molar-refractivity contribution in [1.29, 1.82) is 0 Å². The van der Waals surface area contributed by atoms with Crippen molar-refractivity contribution >= 4 is 0 Å². The van der Waals surface area contributed by atoms with E-state index in [1.165, 1.54) is 0 Å². The van der Waals surface area contributed by atoms with Gasteiger partial charge in [0.1, 0.15) is 6.61 Å². The number of nitrogens with two attached hydrogens (primary N) is 1. The first kappa shape index (κ1) is 12.5. The van der Waals surface area contributed by atoms with Gasteiger partial charge in [-0.15, -0.1) is 0 Å². The molecular weight excluding hydrogens is 205 g/mol. The molecule has 0 heterocycles. The van der Waals surface area contributed by atoms with Crippen molar-refractivity contribution in [2.24, 2.45) is 5.73 Å². The standard InChI is InChI=1S/C13H16FNO/c1-2-3-4-5-9-16-12-8-6-7-11(10-15)13(12)14/h6-8H,2-3,9-10,15H2,1H3. The summed E-state index contributed by atoms with van der Waals surface area (Å²) in [5, 5.41) is 0. The summed E-state index contributed by atoms with van der Waals surface area (Å²) in [4.78, 5) is 0. The first-order valence-electron chi connectivity index (χ1n) is 5.35. The van der Waals surface area contributed by atoms with E-state index in [4.69, 9.17) is 10.5 Å². The van der Waals surface area contributed by atoms with Crippen LogP contribution in [0, 0.1) is 17.7 Å². The van der Waals surface area contributed by atoms with E-state index in [1.807, 2.05) is 0 Å². The molecule has 0 bridgehead atoms. The van der Waals surface area contributed by atoms with Crippen LogP contribution in [0.5, 0.6) is 5.75 Å². The van der Waals surface area contributed by atoms with Crippen molar-refractivity contribution < 1.29 is 9.13 Å². The third kappa shape index (κ3) is 3.56. The lowest BCUT2D eigenvalue weighted by molar-refractivity contribution is 0.346. The lowest BCUT2D eigenvalue weighted by Gasteiger charge is -2.06. The zero-order chi connectivity index (χ0) is 11.8. The minimum absolute atomic E-state index is 0.171. The van der Waals surface area contributed by atoms with Crippen LogP contribution in [0.25, 0.3) is 0 Å². The van der Waals surface area contributed by atoms with Gasteiger partial charge >= 0.3 is 0 Å². The molecule has 2 N–H and O–H groups in total. The molecule has 0 radical (unpaired) electrons. The molecule has 0 saturated heterocycles. The number of halogens is 1. The molecule has 0 unspecified atom stereocenters. The molecule has 0 fully saturated rings. The van der Waals surface area contributed by atoms with Crippen LogP contribution in [0.1, 0.15) is 25.3 Å². The Hall–Kier alpha value is -1.53. The Labute approximate surface area is 95.6 Å². The van der Waals surface area contributed by atoms with Crippen LogP contribution in [0.2, 0.25) is 0 Å². The Morgan fingerprint density at radius 3 is 2.88 bits per heavy atom. The van der Waals surface area contributed by atoms with Crippen molar-refractivity contribution in [3.63, 3.8) is 0 Å². The van der Waals surface area contributed by atoms with E-state index in [9.17, 15) is 4.39 Å². The molecule has 0 aromatic heterocycles. The quantitative estimate of drug-likeness (QED) is 0.793. The Bertz CT molecular complexity index is 393. The zero-order valence-electron chi connectivity index (χ0n) is 9.42. The number of benzene rings is 1. The van der Waals surface area contributed by atoms with Crippen LogP contribution in [0.4, 0.5) is 4.39 Å². The van der Waals surface area contributed by atoms with Gasteiger partial charge in [-0.25, -0.2) is 4.39 Å². The molecule has 3 heteroatoms. The Balaban J connectivity index is 2.58. The summed E-state index contributed by atoms with van der Waals surface area (Å²) < 4.78 is 18.8. The molecule has 1 aromatic rings. The van der Waals surface area contributed by atoms with Gasteiger partial charge in [0.05, 0.1) is 0 Å². The summed E-state index contributed by atoms with van der Waals surface area (Å²) in [6.45, 7) is 2.44. The number of hydrogen-bond acceptors (Lipinski definition) is 2. The highest BCUT2D eigenvalue weighted by Crippen LogP contribution is 2.19. The monoisotopic (exact) mass is 221 g/mol. The SMILES string of the molecule is CCCC#CCOc1cccc(CN)c1F. The summed E-state index contributed by atoms with van der Waals surface area (Å²) in [5.74, 6) is 5.59. The number of ether oxygens (including phenoxy) is 1. The molecule has 1 aromatic carbocycles. The maximum atomic E-state index is 13.6. The lowest BCUT2D eigenvalue weighted by atomic mass is 10.2. The van der Waals surface area contributed by atoms with Gasteiger partial charge in [0, 0.05) is 18.5 Å². The summed E-state index contributed by atoms with van der Waals surface area (Å²) in [6, 6.07) is 4.95. The number of rotatable bonds is 4. The summed E-state index contributed by atoms with van der Waals surface area (Å²) in [6.07, 6.45) is 1.86. The zero-order valence-corrected chi connectivity index (χ0v) is 9.42. The van der Waals surface area contributed by atoms with Gasteiger partial charge < -0.3 is 10.5 Å². The molecule has 0 aliphatic rings. The molecule has 0 aliphatic heterocycles. The minimum atomic E-state index is -0.387. The normalized spacial score (nSPS) is 9.44. The van der Waals surface area contributed by atoms with Crippen molar-refractivity contribution in [3.05, 3.63) is 29.6 Å². The van der Waals surface area contributed by atoms with Gasteiger partial charge in [-0.1, -0.05) is 30.9 Å². The Morgan fingerprint density at radius 2 is 2.19 bits per heavy atom. The Kier molecular flexibility index (Phi) is 5.38. The fraction of sp³-hybridized carbons (Fsp3) is 0.385. The molecule has 16 heavy (non-hydrogen) atoms. The highest BCUT2D eigenvalue weighted by molar-refractivity contribution is 5.31. The van der Waals surface area contributed by atoms with Crippen LogP contribution in [0.3, 0.4) is 0 Å². The maximum Gasteiger partial charge on any atom is 0.169 e. The van der Waals surface area contributed by atoms with Gasteiger partial charge in [-0.05, 0) is 12.5 Å². The second-order valence-corrected chi connectivity index (χ2v) is 3.33. The average Bonchev–Trinajstić information content (AvgIpc) is 2.31. The van der Waals surface area contributed by atoms with Crippen molar-refractivity contribution in [2.45, 2.75) is 26.3 Å². The highest BCUT2D eigenvalue weighted by Gasteiger charge is 2.06. The lowest BCUT2D eigenvalue weighted by Crippen LogP contribution is -2.03. The summed E-state index contributed by atoms with van der Waals surface area (Å²) in [5.41, 5.74) is 5.85. The van der Waals surface area contributed by atoms with Gasteiger partial charge in [0.2, 0.25) is 0 Å². The first-order chi connectivity index (χ1) is 7.79. The second-order valence-electron chi connectivity index (χ2n) is 3.33. The van der Waals surface area contributed by atoms with Crippen LogP contribution < -0.4 is 10.5 Å². The summed E-state index contributed by atoms with van der Waals surface area (Å²) in [7, 11) is 0. The van der Waals surface area contributed by atoms with Crippen molar-refractivity contribution in [3.8, 4) is 17.6 Å². The van der Waals surface area contributed by atoms with E-state index in [0.717, 1.165) is 12.8 Å². The average molecular weight is 221 g/mol. The topological polar surface area (TPSA) is 35.2 Å². The third-order valence-corrected chi connectivity index (χ3v) is 2.06. The predicted molar refractivity (Wildman–Crippen MR) is 62.5 cm³/mol. The largest absolute Gasteiger partial charge is 0.478 e. The van der Waals surface area contributed by atoms with Crippen LogP contribution >= 0.6 is 0 Å². The van der Waals surface area contributed by atoms with Gasteiger partial charge in [-0.3, -0.25) is 0 Å². The van der Waals surface area contributed by atoms with Gasteiger partial charge in [0.15, 0.2) is 11.6 Å². The van der Waals surface area contributed by atoms with Crippen LogP contribution in [-0.2, 0) is 6.54 Å². The molecule has 0 aliphatic carbocycles. The van der Waals surface area contributed by atoms with E-state index in [0.29, 0.717) is 5.56 Å². The predicted octanol–water partition coefficient (Wildman–Crippen LogP) is 2.47. The van der Waals surface area contributed by atoms with Crippen LogP contribution in [-0.4, -0.2) is 6.61 Å². The molecule has 0 atom stereocenters. The number of hydrogen-bond donors (Lipinski definition) is 1. The molecular formula is C13H16FNO. The fourth-order valence-corrected chi connectivity index (χ4v) is 1.20. The Morgan fingerprint density at radius 1 is 1.38 bits per heavy atom. The van der Waals surface area contributed by atoms with E-state index in [2.05, 4.69) is 18.8 Å². The third-order valence-electron chi connectivity index (χ3n) is 2.06. The molecule has 0 amide bonds. The first-order valence-corrected chi connectivity index (χ1v) is 5.35. The smallest absolute Gasteiger partial charge is 0.169 e. The van der Waals surface area contributed by atoms with Crippen LogP contribution in [0.15, 0.2) is 18.2 Å². The fourth-order valence-electron chi connectivity index (χ4n) is 1.20. The molecule has 2 nitrogen and oxygen atoms in total. The van der Waals surface area contributed by atoms with Gasteiger partial charge in [0.25, 0.3) is 0 Å². The molecule has 1 rings (SSSR count). The van der Waals surface area contributed by atoms with E-state index >= 15 is 0 Å². The number of unbranched alkanes of at least 4 members (excludes halogenated alkanes) is 1. The molecule has 0 spiro atoms. The molecule has 86 valence electrons. The van der Waals surface area contributed by atoms with Gasteiger partial charge in [-0.2, -0.15) is 0 Å². The van der Waals surface area contributed by atoms with E-state index in [1.54, 1.807) is 18.2 Å². The summed E-state index contributed by atoms with van der Waals surface area (Å²) >= 11 is 0. The minimum Gasteiger partial charge on any atom is -0.478 e. The second kappa shape index (κ2) is 6.86. The molecule has 0 saturated carbocycles.